The van der Waals surface area contributed by atoms with Gasteiger partial charge in [0.1, 0.15) is 24.0 Å². The number of nitriles is 1. The minimum atomic E-state index is -0.365. The van der Waals surface area contributed by atoms with Crippen LogP contribution in [0.4, 0.5) is 0 Å². The van der Waals surface area contributed by atoms with Gasteiger partial charge in [0.25, 0.3) is 0 Å². The van der Waals surface area contributed by atoms with Crippen molar-refractivity contribution in [3.8, 4) is 23.3 Å². The van der Waals surface area contributed by atoms with Crippen molar-refractivity contribution in [1.82, 2.24) is 0 Å². The summed E-state index contributed by atoms with van der Waals surface area (Å²) in [7, 11) is 1.58. The number of nitrogens with two attached hydrogens (primary N) is 1. The van der Waals surface area contributed by atoms with Crippen LogP contribution >= 0.6 is 0 Å². The molecule has 1 aliphatic rings. The van der Waals surface area contributed by atoms with E-state index in [2.05, 4.69) is 12.6 Å². The minimum absolute atomic E-state index is 0.118. The standard InChI is InChI=1S/C24H20N2O3/c1-3-12-28-20-11-9-16(13-21(20)27-2)22-18-10-8-15-6-4-5-7-17(15)23(18)29-24(26)19(22)14-25/h3-11,13,22H,1,12,26H2,2H3/t22-/m1/s1. The largest absolute Gasteiger partial charge is 0.493 e. The molecule has 0 saturated heterocycles. The molecule has 144 valence electrons. The first kappa shape index (κ1) is 18.5. The monoisotopic (exact) mass is 384 g/mol. The van der Waals surface area contributed by atoms with Crippen LogP contribution in [0.3, 0.4) is 0 Å². The highest BCUT2D eigenvalue weighted by Crippen LogP contribution is 2.46. The van der Waals surface area contributed by atoms with E-state index in [1.807, 2.05) is 54.6 Å². The zero-order valence-corrected chi connectivity index (χ0v) is 16.0. The first-order valence-corrected chi connectivity index (χ1v) is 9.18. The third-order valence-corrected chi connectivity index (χ3v) is 4.99. The zero-order valence-electron chi connectivity index (χ0n) is 16.0. The van der Waals surface area contributed by atoms with Crippen LogP contribution in [-0.4, -0.2) is 13.7 Å². The second-order valence-corrected chi connectivity index (χ2v) is 6.64. The van der Waals surface area contributed by atoms with Crippen molar-refractivity contribution in [2.24, 2.45) is 5.73 Å². The summed E-state index contributed by atoms with van der Waals surface area (Å²) in [6.45, 7) is 4.04. The van der Waals surface area contributed by atoms with Gasteiger partial charge in [-0.15, -0.1) is 0 Å². The van der Waals surface area contributed by atoms with Gasteiger partial charge < -0.3 is 19.9 Å². The van der Waals surface area contributed by atoms with Crippen molar-refractivity contribution in [3.63, 3.8) is 0 Å². The van der Waals surface area contributed by atoms with Crippen LogP contribution in [0, 0.1) is 11.3 Å². The summed E-state index contributed by atoms with van der Waals surface area (Å²) >= 11 is 0. The average Bonchev–Trinajstić information content (AvgIpc) is 2.76. The Labute approximate surface area is 169 Å². The highest BCUT2D eigenvalue weighted by molar-refractivity contribution is 5.91. The molecule has 0 bridgehead atoms. The zero-order chi connectivity index (χ0) is 20.4. The maximum atomic E-state index is 9.79. The van der Waals surface area contributed by atoms with Gasteiger partial charge in [-0.25, -0.2) is 0 Å². The molecule has 1 aliphatic heterocycles. The summed E-state index contributed by atoms with van der Waals surface area (Å²) in [5, 5.41) is 11.8. The van der Waals surface area contributed by atoms with Crippen LogP contribution in [0.2, 0.25) is 0 Å². The van der Waals surface area contributed by atoms with E-state index in [4.69, 9.17) is 19.9 Å². The SMILES string of the molecule is C=CCOc1ccc([C@H]2C(C#N)=C(N)Oc3c2ccc2ccccc32)cc1OC. The Morgan fingerprint density at radius 1 is 1.17 bits per heavy atom. The van der Waals surface area contributed by atoms with Gasteiger partial charge in [-0.1, -0.05) is 55.1 Å². The normalized spacial score (nSPS) is 15.2. The van der Waals surface area contributed by atoms with E-state index in [1.165, 1.54) is 0 Å². The lowest BCUT2D eigenvalue weighted by Crippen LogP contribution is -2.21. The van der Waals surface area contributed by atoms with E-state index in [9.17, 15) is 5.26 Å². The van der Waals surface area contributed by atoms with Crippen molar-refractivity contribution in [1.29, 1.82) is 5.26 Å². The molecule has 1 heterocycles. The van der Waals surface area contributed by atoms with Gasteiger partial charge in [0.2, 0.25) is 5.88 Å². The molecule has 0 saturated carbocycles. The van der Waals surface area contributed by atoms with E-state index in [-0.39, 0.29) is 11.8 Å². The lowest BCUT2D eigenvalue weighted by molar-refractivity contribution is 0.326. The van der Waals surface area contributed by atoms with Gasteiger partial charge in [0.05, 0.1) is 13.0 Å². The van der Waals surface area contributed by atoms with Gasteiger partial charge >= 0.3 is 0 Å². The second kappa shape index (κ2) is 7.61. The highest BCUT2D eigenvalue weighted by atomic mass is 16.5. The van der Waals surface area contributed by atoms with Gasteiger partial charge in [0.15, 0.2) is 11.5 Å². The lowest BCUT2D eigenvalue weighted by Gasteiger charge is -2.28. The highest BCUT2D eigenvalue weighted by Gasteiger charge is 2.32. The number of nitrogens with zero attached hydrogens (tertiary/aromatic N) is 1. The molecular weight excluding hydrogens is 364 g/mol. The minimum Gasteiger partial charge on any atom is -0.493 e. The van der Waals surface area contributed by atoms with Crippen LogP contribution in [0.1, 0.15) is 17.0 Å². The molecule has 0 aromatic heterocycles. The topological polar surface area (TPSA) is 77.5 Å². The van der Waals surface area contributed by atoms with E-state index in [1.54, 1.807) is 13.2 Å². The van der Waals surface area contributed by atoms with Gasteiger partial charge in [0, 0.05) is 10.9 Å². The molecule has 0 radical (unpaired) electrons. The Bertz CT molecular complexity index is 1170. The Kier molecular flexibility index (Phi) is 4.84. The lowest BCUT2D eigenvalue weighted by atomic mass is 9.82. The van der Waals surface area contributed by atoms with Gasteiger partial charge in [-0.2, -0.15) is 5.26 Å². The molecule has 29 heavy (non-hydrogen) atoms. The Morgan fingerprint density at radius 2 is 2.00 bits per heavy atom. The number of benzene rings is 3. The number of rotatable bonds is 5. The molecule has 4 rings (SSSR count). The Morgan fingerprint density at radius 3 is 2.76 bits per heavy atom. The van der Waals surface area contributed by atoms with Crippen molar-refractivity contribution in [3.05, 3.63) is 89.8 Å². The van der Waals surface area contributed by atoms with Crippen LogP contribution < -0.4 is 19.9 Å². The van der Waals surface area contributed by atoms with Crippen LogP contribution in [0.5, 0.6) is 17.2 Å². The van der Waals surface area contributed by atoms with Crippen LogP contribution in [-0.2, 0) is 0 Å². The average molecular weight is 384 g/mol. The number of fused-ring (bicyclic) bond motifs is 3. The van der Waals surface area contributed by atoms with Crippen LogP contribution in [0.15, 0.2) is 78.7 Å². The first-order valence-electron chi connectivity index (χ1n) is 9.18. The predicted octanol–water partition coefficient (Wildman–Crippen LogP) is 4.63. The molecule has 1 atom stereocenters. The molecule has 5 nitrogen and oxygen atoms in total. The Balaban J connectivity index is 1.90. The summed E-state index contributed by atoms with van der Waals surface area (Å²) in [6.07, 6.45) is 1.67. The van der Waals surface area contributed by atoms with E-state index in [0.717, 1.165) is 21.9 Å². The molecular formula is C24H20N2O3. The smallest absolute Gasteiger partial charge is 0.205 e. The maximum Gasteiger partial charge on any atom is 0.205 e. The van der Waals surface area contributed by atoms with E-state index in [0.29, 0.717) is 29.4 Å². The molecule has 5 heteroatoms. The molecule has 0 amide bonds. The van der Waals surface area contributed by atoms with Crippen molar-refractivity contribution in [2.75, 3.05) is 13.7 Å². The predicted molar refractivity (Wildman–Crippen MR) is 112 cm³/mol. The fraction of sp³-hybridized carbons (Fsp3) is 0.125. The fourth-order valence-corrected chi connectivity index (χ4v) is 3.66. The number of allylic oxidation sites excluding steroid dienone is 1. The first-order chi connectivity index (χ1) is 14.2. The molecule has 3 aromatic carbocycles. The third-order valence-electron chi connectivity index (χ3n) is 4.99. The summed E-state index contributed by atoms with van der Waals surface area (Å²) < 4.78 is 17.1. The van der Waals surface area contributed by atoms with E-state index < -0.39 is 0 Å². The van der Waals surface area contributed by atoms with Crippen LogP contribution in [0.25, 0.3) is 10.8 Å². The summed E-state index contributed by atoms with van der Waals surface area (Å²) in [4.78, 5) is 0. The molecule has 2 N–H and O–H groups in total. The summed E-state index contributed by atoms with van der Waals surface area (Å²) in [5.74, 6) is 1.62. The quantitative estimate of drug-likeness (QED) is 0.649. The molecule has 0 aliphatic carbocycles. The number of ether oxygens (including phenoxy) is 3. The molecule has 3 aromatic rings. The number of hydrogen-bond donors (Lipinski definition) is 1. The second-order valence-electron chi connectivity index (χ2n) is 6.64. The number of hydrogen-bond acceptors (Lipinski definition) is 5. The number of methoxy groups -OCH3 is 1. The van der Waals surface area contributed by atoms with Gasteiger partial charge in [-0.3, -0.25) is 0 Å². The third kappa shape index (κ3) is 3.15. The molecule has 0 unspecified atom stereocenters. The maximum absolute atomic E-state index is 9.79. The Hall–Kier alpha value is -3.91. The van der Waals surface area contributed by atoms with Crippen molar-refractivity contribution in [2.45, 2.75) is 5.92 Å². The molecule has 0 spiro atoms. The molecule has 0 fully saturated rings. The van der Waals surface area contributed by atoms with E-state index >= 15 is 0 Å². The van der Waals surface area contributed by atoms with Crippen molar-refractivity contribution >= 4 is 10.8 Å². The summed E-state index contributed by atoms with van der Waals surface area (Å²) in [6, 6.07) is 19.8. The van der Waals surface area contributed by atoms with Crippen molar-refractivity contribution < 1.29 is 14.2 Å². The fourth-order valence-electron chi connectivity index (χ4n) is 3.66. The van der Waals surface area contributed by atoms with Gasteiger partial charge in [-0.05, 0) is 23.1 Å². The summed E-state index contributed by atoms with van der Waals surface area (Å²) in [5.41, 5.74) is 8.28.